The van der Waals surface area contributed by atoms with E-state index in [1.807, 2.05) is 18.2 Å². The lowest BCUT2D eigenvalue weighted by atomic mass is 10.1. The molecule has 0 N–H and O–H groups in total. The smallest absolute Gasteiger partial charge is 0.133 e. The summed E-state index contributed by atoms with van der Waals surface area (Å²) in [5.41, 5.74) is 1.71. The van der Waals surface area contributed by atoms with Gasteiger partial charge in [-0.25, -0.2) is 9.97 Å². The van der Waals surface area contributed by atoms with Crippen LogP contribution in [0.1, 0.15) is 24.6 Å². The summed E-state index contributed by atoms with van der Waals surface area (Å²) in [4.78, 5) is 8.99. The molecular weight excluding hydrogens is 335 g/mol. The van der Waals surface area contributed by atoms with Crippen molar-refractivity contribution in [2.75, 3.05) is 0 Å². The Hall–Kier alpha value is -0.640. The third kappa shape index (κ3) is 2.53. The van der Waals surface area contributed by atoms with Crippen LogP contribution in [-0.2, 0) is 0 Å². The van der Waals surface area contributed by atoms with Crippen molar-refractivity contribution >= 4 is 39.1 Å². The molecule has 1 aliphatic carbocycles. The molecule has 0 aliphatic heterocycles. The highest BCUT2D eigenvalue weighted by atomic mass is 79.9. The van der Waals surface area contributed by atoms with Crippen molar-refractivity contribution in [2.45, 2.75) is 18.8 Å². The zero-order chi connectivity index (χ0) is 12.7. The van der Waals surface area contributed by atoms with Gasteiger partial charge in [0.15, 0.2) is 0 Å². The van der Waals surface area contributed by atoms with Crippen LogP contribution in [0.15, 0.2) is 28.9 Å². The maximum absolute atomic E-state index is 6.20. The number of halogens is 3. The minimum absolute atomic E-state index is 0.507. The predicted molar refractivity (Wildman–Crippen MR) is 77.2 cm³/mol. The van der Waals surface area contributed by atoms with Crippen LogP contribution in [-0.4, -0.2) is 9.97 Å². The summed E-state index contributed by atoms with van der Waals surface area (Å²) >= 11 is 15.5. The molecule has 92 valence electrons. The monoisotopic (exact) mass is 342 g/mol. The average molecular weight is 344 g/mol. The molecule has 0 radical (unpaired) electrons. The Morgan fingerprint density at radius 3 is 2.56 bits per heavy atom. The molecule has 1 aromatic carbocycles. The van der Waals surface area contributed by atoms with Crippen molar-refractivity contribution in [3.63, 3.8) is 0 Å². The van der Waals surface area contributed by atoms with Gasteiger partial charge < -0.3 is 0 Å². The van der Waals surface area contributed by atoms with Gasteiger partial charge in [-0.15, -0.1) is 0 Å². The standard InChI is InChI=1S/C13H9BrCl2N2/c14-12-6-11(17-13(18-12)7-1-2-7)9-4-3-8(15)5-10(9)16/h3-7H,1-2H2. The maximum Gasteiger partial charge on any atom is 0.133 e. The molecule has 1 saturated carbocycles. The van der Waals surface area contributed by atoms with Crippen LogP contribution < -0.4 is 0 Å². The van der Waals surface area contributed by atoms with Crippen LogP contribution in [0.2, 0.25) is 10.0 Å². The molecule has 0 bridgehead atoms. The predicted octanol–water partition coefficient (Wildman–Crippen LogP) is 5.09. The highest BCUT2D eigenvalue weighted by Crippen LogP contribution is 2.39. The molecule has 0 saturated heterocycles. The molecule has 1 aromatic heterocycles. The summed E-state index contributed by atoms with van der Waals surface area (Å²) in [6.45, 7) is 0. The molecule has 5 heteroatoms. The zero-order valence-corrected chi connectivity index (χ0v) is 12.4. The average Bonchev–Trinajstić information content (AvgIpc) is 3.11. The number of aromatic nitrogens is 2. The topological polar surface area (TPSA) is 25.8 Å². The van der Waals surface area contributed by atoms with E-state index in [0.29, 0.717) is 16.0 Å². The fourth-order valence-electron chi connectivity index (χ4n) is 1.79. The first kappa shape index (κ1) is 12.4. The summed E-state index contributed by atoms with van der Waals surface area (Å²) in [5, 5.41) is 1.23. The molecule has 0 atom stereocenters. The molecule has 1 heterocycles. The van der Waals surface area contributed by atoms with E-state index in [9.17, 15) is 0 Å². The third-order valence-electron chi connectivity index (χ3n) is 2.86. The molecule has 2 aromatic rings. The first-order valence-electron chi connectivity index (χ1n) is 5.63. The number of nitrogens with zero attached hydrogens (tertiary/aromatic N) is 2. The largest absolute Gasteiger partial charge is 0.232 e. The molecule has 18 heavy (non-hydrogen) atoms. The highest BCUT2D eigenvalue weighted by Gasteiger charge is 2.27. The lowest BCUT2D eigenvalue weighted by molar-refractivity contribution is 0.919. The van der Waals surface area contributed by atoms with E-state index in [1.165, 1.54) is 12.8 Å². The van der Waals surface area contributed by atoms with Crippen LogP contribution in [0.4, 0.5) is 0 Å². The van der Waals surface area contributed by atoms with Crippen molar-refractivity contribution in [3.05, 3.63) is 44.7 Å². The van der Waals surface area contributed by atoms with E-state index in [0.717, 1.165) is 21.7 Å². The molecule has 0 amide bonds. The Balaban J connectivity index is 2.10. The fourth-order valence-corrected chi connectivity index (χ4v) is 2.70. The summed E-state index contributed by atoms with van der Waals surface area (Å²) in [6.07, 6.45) is 2.34. The van der Waals surface area contributed by atoms with Crippen molar-refractivity contribution in [2.24, 2.45) is 0 Å². The van der Waals surface area contributed by atoms with Gasteiger partial charge in [-0.05, 0) is 53.0 Å². The first-order valence-corrected chi connectivity index (χ1v) is 7.18. The van der Waals surface area contributed by atoms with Crippen LogP contribution in [0.5, 0.6) is 0 Å². The van der Waals surface area contributed by atoms with Gasteiger partial charge in [0, 0.05) is 16.5 Å². The Kier molecular flexibility index (Phi) is 3.31. The Morgan fingerprint density at radius 1 is 1.11 bits per heavy atom. The lowest BCUT2D eigenvalue weighted by Crippen LogP contribution is -1.96. The minimum atomic E-state index is 0.507. The molecule has 0 unspecified atom stereocenters. The van der Waals surface area contributed by atoms with Gasteiger partial charge in [0.05, 0.1) is 10.7 Å². The van der Waals surface area contributed by atoms with Crippen LogP contribution >= 0.6 is 39.1 Å². The third-order valence-corrected chi connectivity index (χ3v) is 3.82. The Labute approximate surface area is 123 Å². The van der Waals surface area contributed by atoms with Crippen LogP contribution in [0.3, 0.4) is 0 Å². The molecule has 0 spiro atoms. The van der Waals surface area contributed by atoms with E-state index < -0.39 is 0 Å². The fraction of sp³-hybridized carbons (Fsp3) is 0.231. The molecular formula is C13H9BrCl2N2. The molecule has 3 rings (SSSR count). The number of benzene rings is 1. The van der Waals surface area contributed by atoms with Crippen molar-refractivity contribution < 1.29 is 0 Å². The summed E-state index contributed by atoms with van der Waals surface area (Å²) in [7, 11) is 0. The van der Waals surface area contributed by atoms with Gasteiger partial charge in [0.1, 0.15) is 10.4 Å². The second kappa shape index (κ2) is 4.80. The van der Waals surface area contributed by atoms with Gasteiger partial charge >= 0.3 is 0 Å². The van der Waals surface area contributed by atoms with Crippen molar-refractivity contribution in [1.29, 1.82) is 0 Å². The number of hydrogen-bond acceptors (Lipinski definition) is 2. The second-order valence-corrected chi connectivity index (χ2v) is 5.99. The van der Waals surface area contributed by atoms with Gasteiger partial charge in [-0.2, -0.15) is 0 Å². The van der Waals surface area contributed by atoms with Crippen LogP contribution in [0, 0.1) is 0 Å². The van der Waals surface area contributed by atoms with Gasteiger partial charge in [0.25, 0.3) is 0 Å². The Morgan fingerprint density at radius 2 is 1.89 bits per heavy atom. The molecule has 1 fully saturated rings. The van der Waals surface area contributed by atoms with Crippen molar-refractivity contribution in [1.82, 2.24) is 9.97 Å². The summed E-state index contributed by atoms with van der Waals surface area (Å²) in [6, 6.07) is 7.30. The maximum atomic E-state index is 6.20. The van der Waals surface area contributed by atoms with Gasteiger partial charge in [-0.3, -0.25) is 0 Å². The quantitative estimate of drug-likeness (QED) is 0.709. The zero-order valence-electron chi connectivity index (χ0n) is 9.33. The Bertz CT molecular complexity index is 612. The van der Waals surface area contributed by atoms with E-state index in [2.05, 4.69) is 25.9 Å². The SMILES string of the molecule is Clc1ccc(-c2cc(Br)nc(C3CC3)n2)c(Cl)c1. The number of rotatable bonds is 2. The van der Waals surface area contributed by atoms with E-state index >= 15 is 0 Å². The van der Waals surface area contributed by atoms with E-state index in [4.69, 9.17) is 23.2 Å². The van der Waals surface area contributed by atoms with Crippen LogP contribution in [0.25, 0.3) is 11.3 Å². The molecule has 2 nitrogen and oxygen atoms in total. The molecule has 1 aliphatic rings. The second-order valence-electron chi connectivity index (χ2n) is 4.33. The van der Waals surface area contributed by atoms with Gasteiger partial charge in [-0.1, -0.05) is 23.2 Å². The van der Waals surface area contributed by atoms with Crippen molar-refractivity contribution in [3.8, 4) is 11.3 Å². The highest BCUT2D eigenvalue weighted by molar-refractivity contribution is 9.10. The van der Waals surface area contributed by atoms with Gasteiger partial charge in [0.2, 0.25) is 0 Å². The van der Waals surface area contributed by atoms with E-state index in [1.54, 1.807) is 6.07 Å². The van der Waals surface area contributed by atoms with E-state index in [-0.39, 0.29) is 0 Å². The first-order chi connectivity index (χ1) is 8.63. The summed E-state index contributed by atoms with van der Waals surface area (Å²) < 4.78 is 0.792. The summed E-state index contributed by atoms with van der Waals surface area (Å²) in [5.74, 6) is 1.40. The minimum Gasteiger partial charge on any atom is -0.232 e. The lowest BCUT2D eigenvalue weighted by Gasteiger charge is -2.07. The normalized spacial score (nSPS) is 14.8. The number of hydrogen-bond donors (Lipinski definition) is 0.